The second-order valence-electron chi connectivity index (χ2n) is 5.66. The van der Waals surface area contributed by atoms with E-state index in [2.05, 4.69) is 32.2 Å². The summed E-state index contributed by atoms with van der Waals surface area (Å²) in [7, 11) is 0. The second kappa shape index (κ2) is 8.01. The van der Waals surface area contributed by atoms with Gasteiger partial charge in [0.05, 0.1) is 11.7 Å². The molecule has 1 amide bonds. The highest BCUT2D eigenvalue weighted by molar-refractivity contribution is 9.10. The molecular weight excluding hydrogens is 354 g/mol. The van der Waals surface area contributed by atoms with Crippen molar-refractivity contribution in [3.63, 3.8) is 0 Å². The fraction of sp³-hybridized carbons (Fsp3) is 0.533. The van der Waals surface area contributed by atoms with Crippen LogP contribution in [0.1, 0.15) is 20.3 Å². The molecule has 1 fully saturated rings. The standard InChI is InChI=1S/C15H22BrN3O.ClH/c1-10(2)14(17)15(20)18-11-7-8-19(9-11)13-6-4-3-5-12(13)16;/h3-6,10-11,14H,7-9,17H2,1-2H3,(H,18,20);1H/t11?,14-;/m0./s1. The minimum Gasteiger partial charge on any atom is -0.368 e. The first kappa shape index (κ1) is 18.3. The molecule has 2 rings (SSSR count). The number of hydrogen-bond acceptors (Lipinski definition) is 3. The number of carbonyl (C=O) groups is 1. The fourth-order valence-electron chi connectivity index (χ4n) is 2.41. The number of amides is 1. The summed E-state index contributed by atoms with van der Waals surface area (Å²) < 4.78 is 1.09. The maximum absolute atomic E-state index is 12.0. The third-order valence-corrected chi connectivity index (χ3v) is 4.42. The molecule has 2 atom stereocenters. The van der Waals surface area contributed by atoms with Gasteiger partial charge >= 0.3 is 0 Å². The number of nitrogens with zero attached hydrogens (tertiary/aromatic N) is 1. The third-order valence-electron chi connectivity index (χ3n) is 3.75. The van der Waals surface area contributed by atoms with Crippen LogP contribution in [0.2, 0.25) is 0 Å². The van der Waals surface area contributed by atoms with Crippen LogP contribution in [0.15, 0.2) is 28.7 Å². The summed E-state index contributed by atoms with van der Waals surface area (Å²) in [6, 6.07) is 7.92. The molecule has 6 heteroatoms. The van der Waals surface area contributed by atoms with Gasteiger partial charge in [0.2, 0.25) is 5.91 Å². The van der Waals surface area contributed by atoms with E-state index in [-0.39, 0.29) is 30.3 Å². The van der Waals surface area contributed by atoms with Crippen molar-refractivity contribution >= 4 is 39.9 Å². The highest BCUT2D eigenvalue weighted by Gasteiger charge is 2.27. The SMILES string of the molecule is CC(C)[C@H](N)C(=O)NC1CCN(c2ccccc2Br)C1.Cl. The van der Waals surface area contributed by atoms with Crippen LogP contribution in [0.25, 0.3) is 0 Å². The van der Waals surface area contributed by atoms with Gasteiger partial charge in [-0.2, -0.15) is 0 Å². The van der Waals surface area contributed by atoms with Crippen LogP contribution in [0, 0.1) is 5.92 Å². The van der Waals surface area contributed by atoms with Crippen molar-refractivity contribution in [3.8, 4) is 0 Å². The molecule has 0 radical (unpaired) electrons. The molecule has 1 aromatic carbocycles. The molecule has 118 valence electrons. The summed E-state index contributed by atoms with van der Waals surface area (Å²) >= 11 is 3.57. The van der Waals surface area contributed by atoms with Gasteiger partial charge in [0.1, 0.15) is 0 Å². The maximum Gasteiger partial charge on any atom is 0.237 e. The number of benzene rings is 1. The van der Waals surface area contributed by atoms with Crippen molar-refractivity contribution in [1.29, 1.82) is 0 Å². The molecular formula is C15H23BrClN3O. The molecule has 1 heterocycles. The normalized spacial score (nSPS) is 19.3. The van der Waals surface area contributed by atoms with Gasteiger partial charge in [-0.05, 0) is 40.4 Å². The number of nitrogens with two attached hydrogens (primary N) is 1. The lowest BCUT2D eigenvalue weighted by molar-refractivity contribution is -0.123. The van der Waals surface area contributed by atoms with Crippen LogP contribution < -0.4 is 16.0 Å². The van der Waals surface area contributed by atoms with Crippen LogP contribution in [0.3, 0.4) is 0 Å². The number of halogens is 2. The Bertz CT molecular complexity index is 484. The van der Waals surface area contributed by atoms with Crippen molar-refractivity contribution in [2.24, 2.45) is 11.7 Å². The van der Waals surface area contributed by atoms with Gasteiger partial charge in [0, 0.05) is 23.6 Å². The predicted molar refractivity (Wildman–Crippen MR) is 93.0 cm³/mol. The first-order valence-corrected chi connectivity index (χ1v) is 7.83. The van der Waals surface area contributed by atoms with Gasteiger partial charge in [-0.3, -0.25) is 4.79 Å². The molecule has 21 heavy (non-hydrogen) atoms. The van der Waals surface area contributed by atoms with Gasteiger partial charge in [0.15, 0.2) is 0 Å². The minimum atomic E-state index is -0.424. The van der Waals surface area contributed by atoms with E-state index in [9.17, 15) is 4.79 Å². The Morgan fingerprint density at radius 2 is 2.10 bits per heavy atom. The first-order valence-electron chi connectivity index (χ1n) is 7.04. The average Bonchev–Trinajstić information content (AvgIpc) is 2.86. The molecule has 0 bridgehead atoms. The molecule has 0 saturated carbocycles. The molecule has 0 spiro atoms. The number of para-hydroxylation sites is 1. The van der Waals surface area contributed by atoms with Crippen molar-refractivity contribution in [1.82, 2.24) is 5.32 Å². The van der Waals surface area contributed by atoms with Crippen molar-refractivity contribution in [3.05, 3.63) is 28.7 Å². The zero-order valence-corrected chi connectivity index (χ0v) is 14.8. The Balaban J connectivity index is 0.00000220. The van der Waals surface area contributed by atoms with Gasteiger partial charge < -0.3 is 16.0 Å². The number of hydrogen-bond donors (Lipinski definition) is 2. The van der Waals surface area contributed by atoms with E-state index in [1.807, 2.05) is 32.0 Å². The summed E-state index contributed by atoms with van der Waals surface area (Å²) in [5.74, 6) is 0.120. The number of rotatable bonds is 4. The number of nitrogens with one attached hydrogen (secondary N) is 1. The summed E-state index contributed by atoms with van der Waals surface area (Å²) in [6.45, 7) is 5.71. The highest BCUT2D eigenvalue weighted by atomic mass is 79.9. The lowest BCUT2D eigenvalue weighted by Gasteiger charge is -2.22. The van der Waals surface area contributed by atoms with Crippen LogP contribution in [0.4, 0.5) is 5.69 Å². The topological polar surface area (TPSA) is 58.4 Å². The largest absolute Gasteiger partial charge is 0.368 e. The molecule has 3 N–H and O–H groups in total. The summed E-state index contributed by atoms with van der Waals surface area (Å²) in [5.41, 5.74) is 7.05. The minimum absolute atomic E-state index is 0. The monoisotopic (exact) mass is 375 g/mol. The van der Waals surface area contributed by atoms with E-state index in [0.717, 1.165) is 24.0 Å². The van der Waals surface area contributed by atoms with Gasteiger partial charge in [0.25, 0.3) is 0 Å². The maximum atomic E-state index is 12.0. The van der Waals surface area contributed by atoms with E-state index >= 15 is 0 Å². The van der Waals surface area contributed by atoms with Crippen LogP contribution in [-0.2, 0) is 4.79 Å². The van der Waals surface area contributed by atoms with E-state index in [1.165, 1.54) is 5.69 Å². The molecule has 0 aromatic heterocycles. The summed E-state index contributed by atoms with van der Waals surface area (Å²) in [4.78, 5) is 14.3. The lowest BCUT2D eigenvalue weighted by Crippen LogP contribution is -2.48. The number of anilines is 1. The smallest absolute Gasteiger partial charge is 0.237 e. The van der Waals surface area contributed by atoms with Crippen molar-refractivity contribution in [2.75, 3.05) is 18.0 Å². The highest BCUT2D eigenvalue weighted by Crippen LogP contribution is 2.28. The Kier molecular flexibility index (Phi) is 6.97. The first-order chi connectivity index (χ1) is 9.49. The molecule has 4 nitrogen and oxygen atoms in total. The van der Waals surface area contributed by atoms with Crippen LogP contribution in [-0.4, -0.2) is 31.1 Å². The van der Waals surface area contributed by atoms with Gasteiger partial charge in [-0.15, -0.1) is 12.4 Å². The average molecular weight is 377 g/mol. The van der Waals surface area contributed by atoms with Gasteiger partial charge in [-0.1, -0.05) is 26.0 Å². The zero-order valence-electron chi connectivity index (χ0n) is 12.4. The van der Waals surface area contributed by atoms with Crippen molar-refractivity contribution in [2.45, 2.75) is 32.4 Å². The Labute approximate surface area is 141 Å². The van der Waals surface area contributed by atoms with E-state index in [0.29, 0.717) is 0 Å². The number of carbonyl (C=O) groups excluding carboxylic acids is 1. The molecule has 1 unspecified atom stereocenters. The second-order valence-corrected chi connectivity index (χ2v) is 6.52. The van der Waals surface area contributed by atoms with Crippen LogP contribution in [0.5, 0.6) is 0 Å². The fourth-order valence-corrected chi connectivity index (χ4v) is 2.94. The summed E-state index contributed by atoms with van der Waals surface area (Å²) in [5, 5.41) is 3.06. The molecule has 1 aliphatic heterocycles. The molecule has 0 aliphatic carbocycles. The molecule has 1 aliphatic rings. The van der Waals surface area contributed by atoms with E-state index in [1.54, 1.807) is 0 Å². The lowest BCUT2D eigenvalue weighted by atomic mass is 10.0. The van der Waals surface area contributed by atoms with Gasteiger partial charge in [-0.25, -0.2) is 0 Å². The Morgan fingerprint density at radius 1 is 1.43 bits per heavy atom. The molecule has 1 saturated heterocycles. The Morgan fingerprint density at radius 3 is 2.71 bits per heavy atom. The van der Waals surface area contributed by atoms with E-state index in [4.69, 9.17) is 5.73 Å². The van der Waals surface area contributed by atoms with E-state index < -0.39 is 6.04 Å². The summed E-state index contributed by atoms with van der Waals surface area (Å²) in [6.07, 6.45) is 0.956. The van der Waals surface area contributed by atoms with Crippen molar-refractivity contribution < 1.29 is 4.79 Å². The van der Waals surface area contributed by atoms with Crippen LogP contribution >= 0.6 is 28.3 Å². The third kappa shape index (κ3) is 4.59. The molecule has 1 aromatic rings. The predicted octanol–water partition coefficient (Wildman–Crippen LogP) is 2.55. The quantitative estimate of drug-likeness (QED) is 0.849. The Hall–Kier alpha value is -0.780. The zero-order chi connectivity index (χ0) is 14.7.